The van der Waals surface area contributed by atoms with Crippen molar-refractivity contribution in [1.82, 2.24) is 15.0 Å². The molecule has 0 unspecified atom stereocenters. The zero-order valence-electron chi connectivity index (χ0n) is 9.64. The molecule has 1 atom stereocenters. The summed E-state index contributed by atoms with van der Waals surface area (Å²) in [6, 6.07) is 0. The first-order valence-corrected chi connectivity index (χ1v) is 6.96. The molecule has 1 N–H and O–H groups in total. The lowest BCUT2D eigenvalue weighted by Gasteiger charge is -2.09. The Morgan fingerprint density at radius 2 is 2.12 bits per heavy atom. The normalized spacial score (nSPS) is 12.4. The third-order valence-corrected chi connectivity index (χ3v) is 3.85. The maximum absolute atomic E-state index is 4.47. The Balaban J connectivity index is 1.92. The maximum atomic E-state index is 4.47. The van der Waals surface area contributed by atoms with Crippen molar-refractivity contribution >= 4 is 33.2 Å². The van der Waals surface area contributed by atoms with E-state index in [-0.39, 0.29) is 0 Å². The first-order valence-electron chi connectivity index (χ1n) is 5.28. The van der Waals surface area contributed by atoms with Gasteiger partial charge in [-0.25, -0.2) is 15.0 Å². The van der Waals surface area contributed by atoms with Gasteiger partial charge >= 0.3 is 0 Å². The molecule has 2 aromatic rings. The summed E-state index contributed by atoms with van der Waals surface area (Å²) in [7, 11) is 0. The lowest BCUT2D eigenvalue weighted by atomic mass is 10.2. The molecule has 0 saturated carbocycles. The third-order valence-electron chi connectivity index (χ3n) is 2.25. The molecular weight excluding hydrogens is 300 g/mol. The summed E-state index contributed by atoms with van der Waals surface area (Å²) in [5.41, 5.74) is 1.08. The van der Waals surface area contributed by atoms with E-state index in [9.17, 15) is 0 Å². The molecule has 6 heteroatoms. The van der Waals surface area contributed by atoms with E-state index in [1.807, 2.05) is 6.92 Å². The summed E-state index contributed by atoms with van der Waals surface area (Å²) in [5.74, 6) is 1.01. The number of nitrogens with one attached hydrogen (secondary N) is 1. The van der Waals surface area contributed by atoms with Gasteiger partial charge in [-0.1, -0.05) is 6.92 Å². The van der Waals surface area contributed by atoms with Gasteiger partial charge in [-0.15, -0.1) is 11.3 Å². The number of thiazole rings is 1. The molecule has 0 aliphatic heterocycles. The van der Waals surface area contributed by atoms with Crippen molar-refractivity contribution in [2.24, 2.45) is 0 Å². The minimum absolute atomic E-state index is 0.362. The molecule has 2 aromatic heterocycles. The fourth-order valence-electron chi connectivity index (χ4n) is 1.33. The number of anilines is 1. The molecule has 0 aliphatic carbocycles. The Kier molecular flexibility index (Phi) is 4.06. The van der Waals surface area contributed by atoms with Crippen LogP contribution in [0.15, 0.2) is 22.2 Å². The Labute approximate surface area is 113 Å². The molecule has 4 nitrogen and oxygen atoms in total. The van der Waals surface area contributed by atoms with Gasteiger partial charge in [0.15, 0.2) is 0 Å². The van der Waals surface area contributed by atoms with E-state index >= 15 is 0 Å². The molecule has 0 radical (unpaired) electrons. The zero-order valence-corrected chi connectivity index (χ0v) is 12.0. The fraction of sp³-hybridized carbons (Fsp3) is 0.364. The molecule has 2 heterocycles. The second-order valence-corrected chi connectivity index (χ2v) is 5.64. The van der Waals surface area contributed by atoms with E-state index < -0.39 is 0 Å². The monoisotopic (exact) mass is 312 g/mol. The molecule has 0 saturated heterocycles. The molecule has 0 aliphatic rings. The number of halogens is 1. The predicted octanol–water partition coefficient (Wildman–Crippen LogP) is 3.22. The van der Waals surface area contributed by atoms with Crippen LogP contribution in [0.3, 0.4) is 0 Å². The second-order valence-electron chi connectivity index (χ2n) is 3.83. The van der Waals surface area contributed by atoms with Crippen molar-refractivity contribution < 1.29 is 0 Å². The van der Waals surface area contributed by atoms with E-state index in [1.54, 1.807) is 23.7 Å². The Morgan fingerprint density at radius 3 is 2.71 bits per heavy atom. The van der Waals surface area contributed by atoms with Crippen molar-refractivity contribution in [3.8, 4) is 0 Å². The summed E-state index contributed by atoms with van der Waals surface area (Å²) < 4.78 is 0.881. The highest BCUT2D eigenvalue weighted by atomic mass is 79.9. The SMILES string of the molecule is Cc1csc([C@@H](C)CNc2ncc(Br)cn2)n1. The van der Waals surface area contributed by atoms with Gasteiger partial charge < -0.3 is 5.32 Å². The van der Waals surface area contributed by atoms with Gasteiger partial charge in [0.1, 0.15) is 0 Å². The van der Waals surface area contributed by atoms with Gasteiger partial charge in [0.05, 0.1) is 9.48 Å². The highest BCUT2D eigenvalue weighted by Gasteiger charge is 2.09. The van der Waals surface area contributed by atoms with Crippen LogP contribution in [0.1, 0.15) is 23.5 Å². The predicted molar refractivity (Wildman–Crippen MR) is 73.5 cm³/mol. The Bertz CT molecular complexity index is 482. The number of hydrogen-bond donors (Lipinski definition) is 1. The number of rotatable bonds is 4. The van der Waals surface area contributed by atoms with Crippen molar-refractivity contribution in [2.75, 3.05) is 11.9 Å². The van der Waals surface area contributed by atoms with E-state index in [0.717, 1.165) is 21.7 Å². The lowest BCUT2D eigenvalue weighted by Crippen LogP contribution is -2.11. The van der Waals surface area contributed by atoms with E-state index in [2.05, 4.69) is 48.5 Å². The van der Waals surface area contributed by atoms with Gasteiger partial charge in [-0.2, -0.15) is 0 Å². The number of aryl methyl sites for hydroxylation is 1. The van der Waals surface area contributed by atoms with Crippen LogP contribution >= 0.6 is 27.3 Å². The smallest absolute Gasteiger partial charge is 0.222 e. The summed E-state index contributed by atoms with van der Waals surface area (Å²) in [5, 5.41) is 6.42. The molecule has 0 bridgehead atoms. The van der Waals surface area contributed by atoms with Gasteiger partial charge in [0.25, 0.3) is 0 Å². The lowest BCUT2D eigenvalue weighted by molar-refractivity contribution is 0.784. The minimum atomic E-state index is 0.362. The molecule has 90 valence electrons. The largest absolute Gasteiger partial charge is 0.354 e. The van der Waals surface area contributed by atoms with Crippen molar-refractivity contribution in [3.63, 3.8) is 0 Å². The van der Waals surface area contributed by atoms with Crippen molar-refractivity contribution in [3.05, 3.63) is 32.9 Å². The quantitative estimate of drug-likeness (QED) is 0.941. The first kappa shape index (κ1) is 12.4. The zero-order chi connectivity index (χ0) is 12.3. The van der Waals surface area contributed by atoms with Crippen molar-refractivity contribution in [1.29, 1.82) is 0 Å². The van der Waals surface area contributed by atoms with E-state index in [4.69, 9.17) is 0 Å². The molecular formula is C11H13BrN4S. The van der Waals surface area contributed by atoms with Crippen LogP contribution in [-0.4, -0.2) is 21.5 Å². The third kappa shape index (κ3) is 3.47. The average molecular weight is 313 g/mol. The standard InChI is InChI=1S/C11H13BrN4S/c1-7(10-16-8(2)6-17-10)3-13-11-14-4-9(12)5-15-11/h4-7H,3H2,1-2H3,(H,13,14,15)/t7-/m0/s1. The topological polar surface area (TPSA) is 50.7 Å². The number of nitrogens with zero attached hydrogens (tertiary/aromatic N) is 3. The van der Waals surface area contributed by atoms with Gasteiger partial charge in [-0.05, 0) is 22.9 Å². The number of hydrogen-bond acceptors (Lipinski definition) is 5. The van der Waals surface area contributed by atoms with Crippen LogP contribution in [0.2, 0.25) is 0 Å². The van der Waals surface area contributed by atoms with Crippen molar-refractivity contribution in [2.45, 2.75) is 19.8 Å². The molecule has 0 fully saturated rings. The minimum Gasteiger partial charge on any atom is -0.354 e. The summed E-state index contributed by atoms with van der Waals surface area (Å²) in [4.78, 5) is 12.8. The van der Waals surface area contributed by atoms with Crippen LogP contribution in [0.4, 0.5) is 5.95 Å². The first-order chi connectivity index (χ1) is 8.15. The summed E-state index contributed by atoms with van der Waals surface area (Å²) >= 11 is 5.00. The van der Waals surface area contributed by atoms with Crippen LogP contribution in [0.5, 0.6) is 0 Å². The van der Waals surface area contributed by atoms with Gasteiger partial charge in [0, 0.05) is 35.9 Å². The van der Waals surface area contributed by atoms with Crippen LogP contribution in [0.25, 0.3) is 0 Å². The molecule has 17 heavy (non-hydrogen) atoms. The van der Waals surface area contributed by atoms with Crippen LogP contribution in [-0.2, 0) is 0 Å². The molecule has 0 aromatic carbocycles. The van der Waals surface area contributed by atoms with Gasteiger partial charge in [-0.3, -0.25) is 0 Å². The fourth-order valence-corrected chi connectivity index (χ4v) is 2.39. The summed E-state index contributed by atoms with van der Waals surface area (Å²) in [6.45, 7) is 4.94. The van der Waals surface area contributed by atoms with Crippen LogP contribution < -0.4 is 5.32 Å². The highest BCUT2D eigenvalue weighted by molar-refractivity contribution is 9.10. The number of aromatic nitrogens is 3. The average Bonchev–Trinajstić information content (AvgIpc) is 2.75. The molecule has 0 spiro atoms. The highest BCUT2D eigenvalue weighted by Crippen LogP contribution is 2.19. The van der Waals surface area contributed by atoms with E-state index in [1.165, 1.54) is 0 Å². The van der Waals surface area contributed by atoms with E-state index in [0.29, 0.717) is 11.9 Å². The second kappa shape index (κ2) is 5.55. The Hall–Kier alpha value is -1.01. The maximum Gasteiger partial charge on any atom is 0.222 e. The molecule has 2 rings (SSSR count). The molecule has 0 amide bonds. The van der Waals surface area contributed by atoms with Gasteiger partial charge in [0.2, 0.25) is 5.95 Å². The Morgan fingerprint density at radius 1 is 1.41 bits per heavy atom. The van der Waals surface area contributed by atoms with Crippen LogP contribution in [0, 0.1) is 6.92 Å². The summed E-state index contributed by atoms with van der Waals surface area (Å²) in [6.07, 6.45) is 3.46.